The number of aryl methyl sites for hydroxylation is 1. The van der Waals surface area contributed by atoms with Crippen LogP contribution in [0, 0.1) is 12.7 Å². The average molecular weight is 641 g/mol. The number of halogens is 4. The van der Waals surface area contributed by atoms with Crippen molar-refractivity contribution in [3.05, 3.63) is 82.4 Å². The number of nitrogens with zero attached hydrogens (tertiary/aromatic N) is 3. The monoisotopic (exact) mass is 640 g/mol. The minimum absolute atomic E-state index is 0.0134. The zero-order valence-electron chi connectivity index (χ0n) is 25.5. The first-order valence-corrected chi connectivity index (χ1v) is 15.1. The van der Waals surface area contributed by atoms with Gasteiger partial charge < -0.3 is 21.1 Å². The number of alkyl carbamates (subject to hydrolysis) is 1. The number of nitrogens with two attached hydrogens (primary N) is 1. The molecule has 0 spiro atoms. The van der Waals surface area contributed by atoms with Gasteiger partial charge in [-0.25, -0.2) is 27.5 Å². The lowest BCUT2D eigenvalue weighted by Crippen LogP contribution is -2.42. The number of fused-ring (bicyclic) bond motifs is 1. The highest BCUT2D eigenvalue weighted by atomic mass is 35.5. The standard InChI is InChI=1S/C33H36ClF3N6O2/c1-18-5-6-19(30(36)37)13-24(18)20-14-28-29(40-22-8-10-23(11-9-22)41-32(44)45-33(2,3)4)25(16-39-43(28)17-20)31(38)42-27-15-21(35)7-12-26(27)34/h5-7,12-17,22-23,30,40H,8-11H2,1-4H3,(H2,38,42)(H,41,44)/t22-,23-. The largest absolute Gasteiger partial charge is 0.444 e. The third-order valence-electron chi connectivity index (χ3n) is 7.68. The molecule has 2 aromatic heterocycles. The van der Waals surface area contributed by atoms with Crippen molar-refractivity contribution in [3.63, 3.8) is 0 Å². The number of aliphatic imine (C=N–C) groups is 1. The van der Waals surface area contributed by atoms with Crippen molar-refractivity contribution < 1.29 is 22.7 Å². The molecule has 1 aliphatic rings. The van der Waals surface area contributed by atoms with Gasteiger partial charge in [-0.2, -0.15) is 5.10 Å². The molecule has 8 nitrogen and oxygen atoms in total. The molecule has 0 bridgehead atoms. The Bertz CT molecular complexity index is 1740. The van der Waals surface area contributed by atoms with Crippen LogP contribution in [0.3, 0.4) is 0 Å². The maximum absolute atomic E-state index is 14.0. The summed E-state index contributed by atoms with van der Waals surface area (Å²) in [7, 11) is 0. The van der Waals surface area contributed by atoms with E-state index in [0.29, 0.717) is 27.9 Å². The minimum Gasteiger partial charge on any atom is -0.444 e. The van der Waals surface area contributed by atoms with E-state index in [1.165, 1.54) is 30.3 Å². The Hall–Kier alpha value is -4.25. The summed E-state index contributed by atoms with van der Waals surface area (Å²) in [6.07, 6.45) is 3.22. The van der Waals surface area contributed by atoms with E-state index in [-0.39, 0.29) is 34.2 Å². The third kappa shape index (κ3) is 7.70. The summed E-state index contributed by atoms with van der Waals surface area (Å²) >= 11 is 6.27. The maximum Gasteiger partial charge on any atom is 0.407 e. The molecule has 0 atom stereocenters. The quantitative estimate of drug-likeness (QED) is 0.139. The van der Waals surface area contributed by atoms with Crippen molar-refractivity contribution in [2.45, 2.75) is 77.5 Å². The molecule has 5 rings (SSSR count). The molecule has 45 heavy (non-hydrogen) atoms. The summed E-state index contributed by atoms with van der Waals surface area (Å²) in [6.45, 7) is 7.33. The van der Waals surface area contributed by atoms with Crippen LogP contribution < -0.4 is 16.4 Å². The Morgan fingerprint density at radius 2 is 1.82 bits per heavy atom. The summed E-state index contributed by atoms with van der Waals surface area (Å²) in [5, 5.41) is 11.3. The van der Waals surface area contributed by atoms with Gasteiger partial charge in [-0.1, -0.05) is 23.7 Å². The van der Waals surface area contributed by atoms with Gasteiger partial charge in [-0.15, -0.1) is 0 Å². The van der Waals surface area contributed by atoms with Crippen molar-refractivity contribution in [3.8, 4) is 11.1 Å². The van der Waals surface area contributed by atoms with Crippen molar-refractivity contribution in [2.24, 2.45) is 10.7 Å². The number of ether oxygens (including phenoxy) is 1. The third-order valence-corrected chi connectivity index (χ3v) is 8.00. The molecule has 0 radical (unpaired) electrons. The molecule has 1 saturated carbocycles. The van der Waals surface area contributed by atoms with Crippen LogP contribution in [0.15, 0.2) is 59.9 Å². The Balaban J connectivity index is 1.49. The van der Waals surface area contributed by atoms with Gasteiger partial charge in [0.1, 0.15) is 17.3 Å². The smallest absolute Gasteiger partial charge is 0.407 e. The molecule has 4 aromatic rings. The van der Waals surface area contributed by atoms with Gasteiger partial charge in [0.2, 0.25) is 0 Å². The van der Waals surface area contributed by atoms with Crippen LogP contribution in [0.5, 0.6) is 0 Å². The number of nitrogens with one attached hydrogen (secondary N) is 2. The Morgan fingerprint density at radius 1 is 1.11 bits per heavy atom. The number of aromatic nitrogens is 2. The number of alkyl halides is 2. The number of amides is 1. The van der Waals surface area contributed by atoms with Gasteiger partial charge in [0.15, 0.2) is 0 Å². The molecule has 1 aliphatic carbocycles. The number of carbonyl (C=O) groups is 1. The highest BCUT2D eigenvalue weighted by molar-refractivity contribution is 6.33. The van der Waals surface area contributed by atoms with Gasteiger partial charge in [-0.05, 0) is 88.8 Å². The van der Waals surface area contributed by atoms with Gasteiger partial charge in [0.25, 0.3) is 6.43 Å². The van der Waals surface area contributed by atoms with E-state index in [1.54, 1.807) is 23.0 Å². The van der Waals surface area contributed by atoms with Gasteiger partial charge in [0, 0.05) is 35.5 Å². The first-order valence-electron chi connectivity index (χ1n) is 14.7. The summed E-state index contributed by atoms with van der Waals surface area (Å²) < 4.78 is 48.2. The van der Waals surface area contributed by atoms with Gasteiger partial charge in [0.05, 0.1) is 33.7 Å². The van der Waals surface area contributed by atoms with Gasteiger partial charge >= 0.3 is 6.09 Å². The molecule has 2 heterocycles. The fourth-order valence-electron chi connectivity index (χ4n) is 5.46. The number of hydrogen-bond donors (Lipinski definition) is 3. The van der Waals surface area contributed by atoms with E-state index in [1.807, 2.05) is 33.8 Å². The summed E-state index contributed by atoms with van der Waals surface area (Å²) in [5.41, 5.74) is 9.98. The van der Waals surface area contributed by atoms with Crippen molar-refractivity contribution >= 4 is 40.4 Å². The Kier molecular flexibility index (Phi) is 9.29. The Labute approximate surface area is 264 Å². The van der Waals surface area contributed by atoms with Crippen LogP contribution in [0.25, 0.3) is 16.6 Å². The van der Waals surface area contributed by atoms with Crippen LogP contribution in [-0.2, 0) is 4.74 Å². The number of anilines is 1. The summed E-state index contributed by atoms with van der Waals surface area (Å²) in [6, 6.07) is 10.3. The number of carbonyl (C=O) groups excluding carboxylic acids is 1. The predicted octanol–water partition coefficient (Wildman–Crippen LogP) is 8.32. The molecule has 2 aromatic carbocycles. The van der Waals surface area contributed by atoms with Crippen molar-refractivity contribution in [1.82, 2.24) is 14.9 Å². The number of hydrogen-bond acceptors (Lipinski definition) is 5. The molecule has 1 amide bonds. The minimum atomic E-state index is -2.60. The molecule has 12 heteroatoms. The second kappa shape index (κ2) is 13.0. The lowest BCUT2D eigenvalue weighted by atomic mass is 9.91. The lowest BCUT2D eigenvalue weighted by molar-refractivity contribution is 0.0492. The van der Waals surface area contributed by atoms with E-state index in [9.17, 15) is 18.0 Å². The number of rotatable bonds is 7. The van der Waals surface area contributed by atoms with Gasteiger partial charge in [-0.3, -0.25) is 0 Å². The van der Waals surface area contributed by atoms with Crippen LogP contribution in [-0.4, -0.2) is 39.2 Å². The SMILES string of the molecule is Cc1ccc(C(F)F)cc1-c1cc2c(N[C@H]3CC[C@H](NC(=O)OC(C)(C)C)CC3)c(C(N)=Nc3cc(F)ccc3Cl)cnn2c1. The molecule has 0 saturated heterocycles. The summed E-state index contributed by atoms with van der Waals surface area (Å²) in [4.78, 5) is 16.7. The van der Waals surface area contributed by atoms with E-state index in [0.717, 1.165) is 31.2 Å². The molecule has 4 N–H and O–H groups in total. The average Bonchev–Trinajstić information content (AvgIpc) is 3.40. The van der Waals surface area contributed by atoms with E-state index in [4.69, 9.17) is 22.1 Å². The lowest BCUT2D eigenvalue weighted by Gasteiger charge is -2.31. The predicted molar refractivity (Wildman–Crippen MR) is 171 cm³/mol. The molecule has 238 valence electrons. The van der Waals surface area contributed by atoms with E-state index >= 15 is 0 Å². The van der Waals surface area contributed by atoms with E-state index in [2.05, 4.69) is 20.7 Å². The van der Waals surface area contributed by atoms with Crippen molar-refractivity contribution in [2.75, 3.05) is 5.32 Å². The molecular formula is C33H36ClF3N6O2. The van der Waals surface area contributed by atoms with E-state index < -0.39 is 23.9 Å². The number of benzene rings is 2. The highest BCUT2D eigenvalue weighted by Crippen LogP contribution is 2.35. The van der Waals surface area contributed by atoms with Crippen LogP contribution in [0.4, 0.5) is 29.3 Å². The fraction of sp³-hybridized carbons (Fsp3) is 0.364. The molecule has 0 unspecified atom stereocenters. The second-order valence-electron chi connectivity index (χ2n) is 12.3. The zero-order valence-corrected chi connectivity index (χ0v) is 26.3. The van der Waals surface area contributed by atoms with Crippen LogP contribution >= 0.6 is 11.6 Å². The summed E-state index contributed by atoms with van der Waals surface area (Å²) in [5.74, 6) is -0.439. The Morgan fingerprint density at radius 3 is 2.51 bits per heavy atom. The fourth-order valence-corrected chi connectivity index (χ4v) is 5.62. The first-order chi connectivity index (χ1) is 21.3. The second-order valence-corrected chi connectivity index (χ2v) is 12.7. The first kappa shape index (κ1) is 32.2. The zero-order chi connectivity index (χ0) is 32.5. The van der Waals surface area contributed by atoms with Crippen LogP contribution in [0.1, 0.15) is 69.6 Å². The molecule has 0 aliphatic heterocycles. The highest BCUT2D eigenvalue weighted by Gasteiger charge is 2.26. The number of amidine groups is 1. The molecular weight excluding hydrogens is 605 g/mol. The maximum atomic E-state index is 14.0. The topological polar surface area (TPSA) is 106 Å². The van der Waals surface area contributed by atoms with Crippen molar-refractivity contribution in [1.29, 1.82) is 0 Å². The molecule has 1 fully saturated rings. The van der Waals surface area contributed by atoms with Crippen LogP contribution in [0.2, 0.25) is 5.02 Å². The normalized spacial score (nSPS) is 17.5.